The van der Waals surface area contributed by atoms with Crippen molar-refractivity contribution in [2.75, 3.05) is 7.05 Å². The van der Waals surface area contributed by atoms with Crippen LogP contribution >= 0.6 is 0 Å². The minimum Gasteiger partial charge on any atom is -0.393 e. The Hall–Kier alpha value is -3.13. The molecular weight excluding hydrogens is 382 g/mol. The maximum absolute atomic E-state index is 13.1. The van der Waals surface area contributed by atoms with E-state index >= 15 is 0 Å². The zero-order valence-corrected chi connectivity index (χ0v) is 17.2. The van der Waals surface area contributed by atoms with E-state index in [9.17, 15) is 14.7 Å². The average Bonchev–Trinajstić information content (AvgIpc) is 3.41. The van der Waals surface area contributed by atoms with Gasteiger partial charge in [-0.25, -0.2) is 0 Å². The third kappa shape index (κ3) is 3.82. The highest BCUT2D eigenvalue weighted by Gasteiger charge is 2.26. The largest absolute Gasteiger partial charge is 0.393 e. The molecule has 0 spiro atoms. The molecule has 2 heterocycles. The van der Waals surface area contributed by atoms with Crippen molar-refractivity contribution in [3.63, 3.8) is 0 Å². The van der Waals surface area contributed by atoms with E-state index in [-0.39, 0.29) is 35.7 Å². The van der Waals surface area contributed by atoms with Gasteiger partial charge in [-0.15, -0.1) is 0 Å². The van der Waals surface area contributed by atoms with Crippen LogP contribution in [0.25, 0.3) is 10.9 Å². The Morgan fingerprint density at radius 1 is 1.20 bits per heavy atom. The monoisotopic (exact) mass is 409 g/mol. The number of aliphatic hydroxyl groups is 1. The molecule has 2 aromatic heterocycles. The Bertz CT molecular complexity index is 1060. The molecule has 4 N–H and O–H groups in total. The van der Waals surface area contributed by atoms with Crippen molar-refractivity contribution in [1.82, 2.24) is 25.4 Å². The lowest BCUT2D eigenvalue weighted by atomic mass is 9.93. The van der Waals surface area contributed by atoms with Crippen LogP contribution in [0, 0.1) is 0 Å². The molecule has 0 radical (unpaired) electrons. The van der Waals surface area contributed by atoms with Crippen LogP contribution in [0.1, 0.15) is 65.2 Å². The number of nitrogens with zero attached hydrogens (tertiary/aromatic N) is 2. The first-order chi connectivity index (χ1) is 14.5. The van der Waals surface area contributed by atoms with E-state index in [1.807, 2.05) is 37.4 Å². The van der Waals surface area contributed by atoms with Gasteiger partial charge in [-0.3, -0.25) is 14.3 Å². The van der Waals surface area contributed by atoms with Crippen LogP contribution in [0.15, 0.2) is 36.5 Å². The number of benzene rings is 1. The molecule has 30 heavy (non-hydrogen) atoms. The fraction of sp³-hybridized carbons (Fsp3) is 0.409. The van der Waals surface area contributed by atoms with Crippen LogP contribution in [0.5, 0.6) is 0 Å². The quantitative estimate of drug-likeness (QED) is 0.518. The molecule has 8 heteroatoms. The molecule has 1 aliphatic rings. The maximum atomic E-state index is 13.1. The molecule has 3 aromatic rings. The van der Waals surface area contributed by atoms with Gasteiger partial charge < -0.3 is 20.7 Å². The molecule has 0 unspecified atom stereocenters. The number of fused-ring (bicyclic) bond motifs is 1. The summed E-state index contributed by atoms with van der Waals surface area (Å²) in [5, 5.41) is 20.9. The summed E-state index contributed by atoms with van der Waals surface area (Å²) in [7, 11) is 1.54. The van der Waals surface area contributed by atoms with E-state index < -0.39 is 0 Å². The van der Waals surface area contributed by atoms with Crippen LogP contribution in [0.3, 0.4) is 0 Å². The van der Waals surface area contributed by atoms with Crippen molar-refractivity contribution < 1.29 is 14.7 Å². The van der Waals surface area contributed by atoms with E-state index in [0.717, 1.165) is 29.3 Å². The summed E-state index contributed by atoms with van der Waals surface area (Å²) in [6.45, 7) is 1.97. The van der Waals surface area contributed by atoms with Gasteiger partial charge in [0.1, 0.15) is 5.69 Å². The first-order valence-electron chi connectivity index (χ1n) is 10.3. The van der Waals surface area contributed by atoms with Gasteiger partial charge in [-0.1, -0.05) is 12.1 Å². The van der Waals surface area contributed by atoms with Crippen molar-refractivity contribution >= 4 is 22.7 Å². The van der Waals surface area contributed by atoms with Crippen molar-refractivity contribution in [2.45, 2.75) is 50.8 Å². The van der Waals surface area contributed by atoms with Crippen molar-refractivity contribution in [3.8, 4) is 0 Å². The highest BCUT2D eigenvalue weighted by atomic mass is 16.3. The molecule has 8 nitrogen and oxygen atoms in total. The maximum Gasteiger partial charge on any atom is 0.271 e. The van der Waals surface area contributed by atoms with Crippen molar-refractivity contribution in [1.29, 1.82) is 0 Å². The number of amides is 2. The number of aliphatic hydroxyl groups excluding tert-OH is 1. The van der Waals surface area contributed by atoms with Gasteiger partial charge in [0, 0.05) is 36.3 Å². The minimum absolute atomic E-state index is 0.0103. The number of aromatic amines is 1. The van der Waals surface area contributed by atoms with Crippen LogP contribution in [-0.2, 0) is 0 Å². The van der Waals surface area contributed by atoms with Crippen LogP contribution in [0.2, 0.25) is 0 Å². The number of nitrogens with one attached hydrogen (secondary N) is 3. The number of rotatable bonds is 5. The fourth-order valence-corrected chi connectivity index (χ4v) is 4.18. The molecule has 1 saturated carbocycles. The van der Waals surface area contributed by atoms with Crippen LogP contribution < -0.4 is 10.6 Å². The second-order valence-electron chi connectivity index (χ2n) is 7.88. The highest BCUT2D eigenvalue weighted by Crippen LogP contribution is 2.28. The van der Waals surface area contributed by atoms with Crippen molar-refractivity contribution in [2.24, 2.45) is 0 Å². The number of hydrogen-bond acceptors (Lipinski definition) is 4. The van der Waals surface area contributed by atoms with Crippen LogP contribution in [-0.4, -0.2) is 50.9 Å². The van der Waals surface area contributed by atoms with E-state index in [1.54, 1.807) is 17.8 Å². The molecule has 0 aliphatic heterocycles. The number of carbonyl (C=O) groups is 2. The molecule has 1 aromatic carbocycles. The summed E-state index contributed by atoms with van der Waals surface area (Å²) in [6.07, 6.45) is 4.43. The zero-order chi connectivity index (χ0) is 21.3. The third-order valence-corrected chi connectivity index (χ3v) is 5.91. The van der Waals surface area contributed by atoms with Crippen LogP contribution in [0.4, 0.5) is 0 Å². The Morgan fingerprint density at radius 2 is 1.97 bits per heavy atom. The number of hydrogen-bond donors (Lipinski definition) is 4. The molecule has 1 fully saturated rings. The van der Waals surface area contributed by atoms with Gasteiger partial charge in [0.15, 0.2) is 5.69 Å². The smallest absolute Gasteiger partial charge is 0.271 e. The van der Waals surface area contributed by atoms with Gasteiger partial charge in [0.25, 0.3) is 11.8 Å². The molecular formula is C22H27N5O3. The van der Waals surface area contributed by atoms with Gasteiger partial charge in [-0.05, 0) is 50.3 Å². The molecule has 0 saturated heterocycles. The number of carbonyl (C=O) groups excluding carboxylic acids is 2. The first-order valence-corrected chi connectivity index (χ1v) is 10.3. The fourth-order valence-electron chi connectivity index (χ4n) is 4.18. The Kier molecular flexibility index (Phi) is 5.59. The van der Waals surface area contributed by atoms with Gasteiger partial charge in [0.2, 0.25) is 0 Å². The molecule has 2 amide bonds. The summed E-state index contributed by atoms with van der Waals surface area (Å²) in [4.78, 5) is 28.5. The van der Waals surface area contributed by atoms with Crippen molar-refractivity contribution in [3.05, 3.63) is 53.5 Å². The zero-order valence-electron chi connectivity index (χ0n) is 17.2. The standard InChI is InChI=1S/C22H27N5O3/c1-13(16-4-3-5-18-17(16)10-11-24-18)27-20(12-19(26-27)21(29)23-2)22(30)25-14-6-8-15(28)9-7-14/h3-5,10-15,24,28H,6-9H2,1-2H3,(H,23,29)(H,25,30)/t13-,14-,15-/m0/s1. The summed E-state index contributed by atoms with van der Waals surface area (Å²) in [5.41, 5.74) is 2.56. The average molecular weight is 409 g/mol. The topological polar surface area (TPSA) is 112 Å². The van der Waals surface area contributed by atoms with Gasteiger partial charge in [0.05, 0.1) is 12.1 Å². The lowest BCUT2D eigenvalue weighted by molar-refractivity contribution is 0.0856. The minimum atomic E-state index is -0.337. The number of aromatic nitrogens is 3. The first kappa shape index (κ1) is 20.2. The Labute approximate surface area is 174 Å². The summed E-state index contributed by atoms with van der Waals surface area (Å²) in [5.74, 6) is -0.595. The second-order valence-corrected chi connectivity index (χ2v) is 7.88. The Morgan fingerprint density at radius 3 is 2.70 bits per heavy atom. The SMILES string of the molecule is CNC(=O)c1cc(C(=O)N[C@H]2CC[C@H](O)CC2)n([C@@H](C)c2cccc3[nH]ccc23)n1. The highest BCUT2D eigenvalue weighted by molar-refractivity contribution is 5.98. The number of H-pyrrole nitrogens is 1. The predicted molar refractivity (Wildman–Crippen MR) is 113 cm³/mol. The second kappa shape index (κ2) is 8.31. The van der Waals surface area contributed by atoms with Gasteiger partial charge in [-0.2, -0.15) is 5.10 Å². The van der Waals surface area contributed by atoms with Gasteiger partial charge >= 0.3 is 0 Å². The van der Waals surface area contributed by atoms with E-state index in [4.69, 9.17) is 0 Å². The van der Waals surface area contributed by atoms with E-state index in [1.165, 1.54) is 0 Å². The molecule has 4 rings (SSSR count). The lowest BCUT2D eigenvalue weighted by Crippen LogP contribution is -2.39. The summed E-state index contributed by atoms with van der Waals surface area (Å²) in [6, 6.07) is 9.26. The third-order valence-electron chi connectivity index (χ3n) is 5.91. The predicted octanol–water partition coefficient (Wildman–Crippen LogP) is 2.37. The molecule has 1 aliphatic carbocycles. The summed E-state index contributed by atoms with van der Waals surface area (Å²) >= 11 is 0. The molecule has 158 valence electrons. The van der Waals surface area contributed by atoms with E-state index in [2.05, 4.69) is 20.7 Å². The Balaban J connectivity index is 1.68. The lowest BCUT2D eigenvalue weighted by Gasteiger charge is -2.26. The molecule has 0 bridgehead atoms. The normalized spacial score (nSPS) is 20.1. The summed E-state index contributed by atoms with van der Waals surface area (Å²) < 4.78 is 1.62. The van der Waals surface area contributed by atoms with E-state index in [0.29, 0.717) is 18.5 Å². The molecule has 1 atom stereocenters.